The second kappa shape index (κ2) is 7.86. The topological polar surface area (TPSA) is 49.9 Å². The monoisotopic (exact) mass is 394 g/mol. The van der Waals surface area contributed by atoms with Crippen molar-refractivity contribution < 1.29 is 13.2 Å². The zero-order chi connectivity index (χ0) is 18.7. The van der Waals surface area contributed by atoms with E-state index in [9.17, 15) is 8.42 Å². The maximum Gasteiger partial charge on any atom is 0.244 e. The number of ether oxygens (including phenoxy) is 1. The van der Waals surface area contributed by atoms with Crippen LogP contribution in [-0.2, 0) is 10.0 Å². The first kappa shape index (κ1) is 19.0. The van der Waals surface area contributed by atoms with E-state index in [0.717, 1.165) is 11.4 Å². The van der Waals surface area contributed by atoms with E-state index in [4.69, 9.17) is 16.3 Å². The number of para-hydroxylation sites is 2. The minimum atomic E-state index is -3.58. The number of halogens is 1. The normalized spacial score (nSPS) is 16.1. The van der Waals surface area contributed by atoms with Crippen molar-refractivity contribution in [2.45, 2.75) is 24.8 Å². The van der Waals surface area contributed by atoms with Crippen LogP contribution in [0.25, 0.3) is 0 Å². The molecule has 2 aromatic rings. The smallest absolute Gasteiger partial charge is 0.244 e. The predicted octanol–water partition coefficient (Wildman–Crippen LogP) is 3.64. The SMILES string of the molecule is CC(C)Oc1ccccc1N1CCN(S(=O)(=O)c2ccccc2Cl)CC1. The molecule has 7 heteroatoms. The molecule has 0 saturated carbocycles. The van der Waals surface area contributed by atoms with Gasteiger partial charge in [-0.3, -0.25) is 0 Å². The van der Waals surface area contributed by atoms with Crippen molar-refractivity contribution in [2.24, 2.45) is 0 Å². The van der Waals surface area contributed by atoms with Crippen LogP contribution in [0.2, 0.25) is 5.02 Å². The van der Waals surface area contributed by atoms with Crippen molar-refractivity contribution in [2.75, 3.05) is 31.1 Å². The van der Waals surface area contributed by atoms with Crippen molar-refractivity contribution in [1.29, 1.82) is 0 Å². The fraction of sp³-hybridized carbons (Fsp3) is 0.368. The Morgan fingerprint density at radius 2 is 1.58 bits per heavy atom. The number of nitrogens with zero attached hydrogens (tertiary/aromatic N) is 2. The molecule has 2 aromatic carbocycles. The molecule has 0 aromatic heterocycles. The summed E-state index contributed by atoms with van der Waals surface area (Å²) in [6.07, 6.45) is 0.0815. The van der Waals surface area contributed by atoms with Gasteiger partial charge in [0.2, 0.25) is 10.0 Å². The van der Waals surface area contributed by atoms with E-state index < -0.39 is 10.0 Å². The Bertz CT molecular complexity index is 863. The van der Waals surface area contributed by atoms with Gasteiger partial charge in [-0.25, -0.2) is 8.42 Å². The van der Waals surface area contributed by atoms with E-state index in [2.05, 4.69) is 4.90 Å². The van der Waals surface area contributed by atoms with Crippen molar-refractivity contribution >= 4 is 27.3 Å². The van der Waals surface area contributed by atoms with E-state index in [1.807, 2.05) is 38.1 Å². The molecule has 1 saturated heterocycles. The van der Waals surface area contributed by atoms with Crippen LogP contribution in [0.4, 0.5) is 5.69 Å². The fourth-order valence-electron chi connectivity index (χ4n) is 3.03. The van der Waals surface area contributed by atoms with E-state index >= 15 is 0 Å². The van der Waals surface area contributed by atoms with Gasteiger partial charge in [0.05, 0.1) is 16.8 Å². The number of rotatable bonds is 5. The maximum absolute atomic E-state index is 12.9. The Hall–Kier alpha value is -1.76. The van der Waals surface area contributed by atoms with Crippen molar-refractivity contribution in [3.05, 3.63) is 53.6 Å². The van der Waals surface area contributed by atoms with Gasteiger partial charge < -0.3 is 9.64 Å². The van der Waals surface area contributed by atoms with E-state index in [1.165, 1.54) is 4.31 Å². The highest BCUT2D eigenvalue weighted by molar-refractivity contribution is 7.89. The summed E-state index contributed by atoms with van der Waals surface area (Å²) in [6.45, 7) is 5.99. The second-order valence-electron chi connectivity index (χ2n) is 6.46. The second-order valence-corrected chi connectivity index (χ2v) is 8.77. The van der Waals surface area contributed by atoms with E-state index in [0.29, 0.717) is 26.2 Å². The van der Waals surface area contributed by atoms with Crippen LogP contribution in [0.1, 0.15) is 13.8 Å². The fourth-order valence-corrected chi connectivity index (χ4v) is 4.95. The van der Waals surface area contributed by atoms with Crippen LogP contribution in [0, 0.1) is 0 Å². The third-order valence-corrected chi connectivity index (χ3v) is 6.66. The summed E-state index contributed by atoms with van der Waals surface area (Å²) in [5.41, 5.74) is 0.996. The lowest BCUT2D eigenvalue weighted by molar-refractivity contribution is 0.242. The molecule has 140 valence electrons. The third kappa shape index (κ3) is 3.98. The lowest BCUT2D eigenvalue weighted by Gasteiger charge is -2.36. The summed E-state index contributed by atoms with van der Waals surface area (Å²) < 4.78 is 33.1. The summed E-state index contributed by atoms with van der Waals surface area (Å²) in [5, 5.41) is 0.255. The van der Waals surface area contributed by atoms with Gasteiger partial charge >= 0.3 is 0 Å². The van der Waals surface area contributed by atoms with Gasteiger partial charge in [-0.05, 0) is 38.1 Å². The first-order valence-corrected chi connectivity index (χ1v) is 10.5. The van der Waals surface area contributed by atoms with Crippen LogP contribution in [0.15, 0.2) is 53.4 Å². The molecule has 0 spiro atoms. The number of piperazine rings is 1. The molecule has 1 fully saturated rings. The molecule has 26 heavy (non-hydrogen) atoms. The standard InChI is InChI=1S/C19H23ClN2O3S/c1-15(2)25-18-9-5-4-8-17(18)21-11-13-22(14-12-21)26(23,24)19-10-6-3-7-16(19)20/h3-10,15H,11-14H2,1-2H3. The highest BCUT2D eigenvalue weighted by Crippen LogP contribution is 2.31. The molecule has 0 radical (unpaired) electrons. The van der Waals surface area contributed by atoms with Crippen molar-refractivity contribution in [1.82, 2.24) is 4.31 Å². The van der Waals surface area contributed by atoms with Gasteiger partial charge in [-0.15, -0.1) is 0 Å². The van der Waals surface area contributed by atoms with Gasteiger partial charge in [0.1, 0.15) is 10.6 Å². The molecule has 1 aliphatic rings. The van der Waals surface area contributed by atoms with Crippen LogP contribution < -0.4 is 9.64 Å². The molecule has 0 bridgehead atoms. The molecular formula is C19H23ClN2O3S. The number of hydrogen-bond acceptors (Lipinski definition) is 4. The van der Waals surface area contributed by atoms with E-state index in [-0.39, 0.29) is 16.0 Å². The number of hydrogen-bond donors (Lipinski definition) is 0. The molecular weight excluding hydrogens is 372 g/mol. The molecule has 0 N–H and O–H groups in total. The van der Waals surface area contributed by atoms with Crippen LogP contribution >= 0.6 is 11.6 Å². The Labute approximate surface area is 160 Å². The average Bonchev–Trinajstić information content (AvgIpc) is 2.62. The van der Waals surface area contributed by atoms with Crippen molar-refractivity contribution in [3.63, 3.8) is 0 Å². The zero-order valence-corrected chi connectivity index (χ0v) is 16.5. The third-order valence-electron chi connectivity index (χ3n) is 4.26. The Kier molecular flexibility index (Phi) is 5.75. The van der Waals surface area contributed by atoms with Crippen molar-refractivity contribution in [3.8, 4) is 5.75 Å². The lowest BCUT2D eigenvalue weighted by Crippen LogP contribution is -2.48. The maximum atomic E-state index is 12.9. The highest BCUT2D eigenvalue weighted by atomic mass is 35.5. The summed E-state index contributed by atoms with van der Waals surface area (Å²) >= 11 is 6.09. The minimum absolute atomic E-state index is 0.0815. The number of benzene rings is 2. The predicted molar refractivity (Wildman–Crippen MR) is 105 cm³/mol. The summed E-state index contributed by atoms with van der Waals surface area (Å²) in [7, 11) is -3.58. The van der Waals surface area contributed by atoms with Crippen LogP contribution in [-0.4, -0.2) is 45.0 Å². The summed E-state index contributed by atoms with van der Waals surface area (Å²) in [4.78, 5) is 2.33. The van der Waals surface area contributed by atoms with Gasteiger partial charge in [-0.1, -0.05) is 35.9 Å². The minimum Gasteiger partial charge on any atom is -0.489 e. The van der Waals surface area contributed by atoms with Gasteiger partial charge in [-0.2, -0.15) is 4.31 Å². The molecule has 5 nitrogen and oxygen atoms in total. The molecule has 0 amide bonds. The summed E-state index contributed by atoms with van der Waals surface area (Å²) in [5.74, 6) is 0.824. The molecule has 0 atom stereocenters. The zero-order valence-electron chi connectivity index (χ0n) is 14.9. The summed E-state index contributed by atoms with van der Waals surface area (Å²) in [6, 6.07) is 14.4. The largest absolute Gasteiger partial charge is 0.489 e. The molecule has 1 heterocycles. The molecule has 1 aliphatic heterocycles. The molecule has 0 aliphatic carbocycles. The Morgan fingerprint density at radius 3 is 2.23 bits per heavy atom. The van der Waals surface area contributed by atoms with Gasteiger partial charge in [0, 0.05) is 26.2 Å². The van der Waals surface area contributed by atoms with Crippen LogP contribution in [0.3, 0.4) is 0 Å². The van der Waals surface area contributed by atoms with Crippen LogP contribution in [0.5, 0.6) is 5.75 Å². The lowest BCUT2D eigenvalue weighted by atomic mass is 10.2. The number of anilines is 1. The Balaban J connectivity index is 1.75. The number of sulfonamides is 1. The Morgan fingerprint density at radius 1 is 0.962 bits per heavy atom. The molecule has 0 unspecified atom stereocenters. The van der Waals surface area contributed by atoms with Gasteiger partial charge in [0.15, 0.2) is 0 Å². The molecule has 3 rings (SSSR count). The highest BCUT2D eigenvalue weighted by Gasteiger charge is 2.30. The average molecular weight is 395 g/mol. The first-order valence-electron chi connectivity index (χ1n) is 8.65. The van der Waals surface area contributed by atoms with Gasteiger partial charge in [0.25, 0.3) is 0 Å². The van der Waals surface area contributed by atoms with E-state index in [1.54, 1.807) is 24.3 Å². The quantitative estimate of drug-likeness (QED) is 0.776. The first-order chi connectivity index (χ1) is 12.4.